The van der Waals surface area contributed by atoms with Gasteiger partial charge in [0, 0.05) is 6.54 Å². The van der Waals surface area contributed by atoms with Gasteiger partial charge in [-0.05, 0) is 37.2 Å². The Morgan fingerprint density at radius 1 is 1.07 bits per heavy atom. The van der Waals surface area contributed by atoms with Crippen LogP contribution in [0, 0.1) is 5.92 Å². The summed E-state index contributed by atoms with van der Waals surface area (Å²) >= 11 is 0. The molecule has 29 heavy (non-hydrogen) atoms. The highest BCUT2D eigenvalue weighted by Crippen LogP contribution is 2.34. The number of hydrogen-bond acceptors (Lipinski definition) is 6. The normalized spacial score (nSPS) is 23.1. The van der Waals surface area contributed by atoms with Crippen LogP contribution in [0.5, 0.6) is 0 Å². The highest BCUT2D eigenvalue weighted by Gasteiger charge is 2.37. The van der Waals surface area contributed by atoms with E-state index in [1.165, 1.54) is 6.42 Å². The number of rotatable bonds is 6. The van der Waals surface area contributed by atoms with Gasteiger partial charge < -0.3 is 10.3 Å². The predicted octanol–water partition coefficient (Wildman–Crippen LogP) is 3.55. The summed E-state index contributed by atoms with van der Waals surface area (Å²) in [6, 6.07) is 8.69. The van der Waals surface area contributed by atoms with Crippen LogP contribution in [0.3, 0.4) is 0 Å². The third kappa shape index (κ3) is 4.70. The van der Waals surface area contributed by atoms with Crippen LogP contribution in [-0.4, -0.2) is 35.2 Å². The number of piperidine rings is 1. The minimum atomic E-state index is -3.36. The lowest BCUT2D eigenvalue weighted by molar-refractivity contribution is 0.237. The first-order chi connectivity index (χ1) is 14.0. The van der Waals surface area contributed by atoms with Crippen molar-refractivity contribution < 1.29 is 12.9 Å². The number of benzene rings is 1. The molecule has 0 radical (unpaired) electrons. The Morgan fingerprint density at radius 3 is 2.55 bits per heavy atom. The zero-order chi connectivity index (χ0) is 20.3. The molecule has 2 N–H and O–H groups in total. The van der Waals surface area contributed by atoms with Crippen molar-refractivity contribution in [2.75, 3.05) is 12.3 Å². The molecule has 2 atom stereocenters. The zero-order valence-corrected chi connectivity index (χ0v) is 17.6. The van der Waals surface area contributed by atoms with Gasteiger partial charge in [-0.2, -0.15) is 9.29 Å². The van der Waals surface area contributed by atoms with Crippen LogP contribution in [-0.2, 0) is 10.0 Å². The first-order valence-electron chi connectivity index (χ1n) is 10.7. The minimum Gasteiger partial charge on any atom is -0.337 e. The monoisotopic (exact) mass is 418 g/mol. The van der Waals surface area contributed by atoms with E-state index in [1.807, 2.05) is 30.3 Å². The van der Waals surface area contributed by atoms with Gasteiger partial charge in [0.25, 0.3) is 0 Å². The average Bonchev–Trinajstić information content (AvgIpc) is 3.24. The molecule has 1 aromatic carbocycles. The van der Waals surface area contributed by atoms with Gasteiger partial charge in [-0.15, -0.1) is 0 Å². The van der Waals surface area contributed by atoms with Gasteiger partial charge in [0.05, 0.1) is 11.8 Å². The van der Waals surface area contributed by atoms with Gasteiger partial charge >= 0.3 is 0 Å². The van der Waals surface area contributed by atoms with Gasteiger partial charge in [-0.25, -0.2) is 8.42 Å². The summed E-state index contributed by atoms with van der Waals surface area (Å²) in [6.45, 7) is 0.522. The molecule has 1 unspecified atom stereocenters. The lowest BCUT2D eigenvalue weighted by atomic mass is 9.91. The molecule has 1 saturated carbocycles. The van der Waals surface area contributed by atoms with Crippen molar-refractivity contribution in [2.45, 2.75) is 63.5 Å². The first-order valence-corrected chi connectivity index (χ1v) is 12.3. The third-order valence-corrected chi connectivity index (χ3v) is 8.21. The molecule has 8 heteroatoms. The Bertz CT molecular complexity index is 894. The van der Waals surface area contributed by atoms with E-state index in [9.17, 15) is 8.42 Å². The molecule has 2 fully saturated rings. The van der Waals surface area contributed by atoms with Crippen molar-refractivity contribution in [3.05, 3.63) is 47.6 Å². The molecular formula is C21H30N4O3S. The number of nitrogens with two attached hydrogens (primary N) is 1. The standard InChI is InChI=1S/C21H30N4O3S/c22-19(17-11-5-2-6-12-17)21-23-20(24-28-21)18-13-7-8-14-25(18)29(26,27)15-16-9-3-1-4-10-16/h2,5-6,11-12,16,18-19H,1,3-4,7-10,13-15,22H2/t18-,19?/m0/s1. The van der Waals surface area contributed by atoms with E-state index in [-0.39, 0.29) is 17.7 Å². The maximum atomic E-state index is 13.2. The van der Waals surface area contributed by atoms with Gasteiger partial charge in [0.15, 0.2) is 5.82 Å². The van der Waals surface area contributed by atoms with Gasteiger partial charge in [0.1, 0.15) is 6.04 Å². The fourth-order valence-electron chi connectivity index (χ4n) is 4.56. The number of aromatic nitrogens is 2. The summed E-state index contributed by atoms with van der Waals surface area (Å²) in [7, 11) is -3.36. The second-order valence-corrected chi connectivity index (χ2v) is 10.3. The van der Waals surface area contributed by atoms with E-state index < -0.39 is 16.1 Å². The highest BCUT2D eigenvalue weighted by atomic mass is 32.2. The van der Waals surface area contributed by atoms with Crippen molar-refractivity contribution in [3.63, 3.8) is 0 Å². The maximum Gasteiger partial charge on any atom is 0.248 e. The predicted molar refractivity (Wildman–Crippen MR) is 110 cm³/mol. The number of sulfonamides is 1. The Kier molecular flexibility index (Phi) is 6.32. The van der Waals surface area contributed by atoms with Crippen LogP contribution < -0.4 is 5.73 Å². The molecule has 0 bridgehead atoms. The maximum absolute atomic E-state index is 13.2. The summed E-state index contributed by atoms with van der Waals surface area (Å²) in [5.74, 6) is 1.25. The van der Waals surface area contributed by atoms with Crippen LogP contribution in [0.4, 0.5) is 0 Å². The molecule has 1 saturated heterocycles. The van der Waals surface area contributed by atoms with Crippen LogP contribution >= 0.6 is 0 Å². The van der Waals surface area contributed by atoms with Crippen LogP contribution in [0.15, 0.2) is 34.9 Å². The van der Waals surface area contributed by atoms with Crippen molar-refractivity contribution in [2.24, 2.45) is 11.7 Å². The van der Waals surface area contributed by atoms with E-state index in [1.54, 1.807) is 4.31 Å². The van der Waals surface area contributed by atoms with E-state index in [2.05, 4.69) is 10.1 Å². The van der Waals surface area contributed by atoms with Crippen LogP contribution in [0.1, 0.15) is 80.7 Å². The summed E-state index contributed by atoms with van der Waals surface area (Å²) < 4.78 is 33.5. The summed E-state index contributed by atoms with van der Waals surface area (Å²) in [5, 5.41) is 4.12. The molecule has 7 nitrogen and oxygen atoms in total. The molecule has 2 heterocycles. The van der Waals surface area contributed by atoms with Crippen LogP contribution in [0.25, 0.3) is 0 Å². The largest absolute Gasteiger partial charge is 0.337 e. The Morgan fingerprint density at radius 2 is 1.79 bits per heavy atom. The first kappa shape index (κ1) is 20.5. The lowest BCUT2D eigenvalue weighted by Crippen LogP contribution is -2.41. The van der Waals surface area contributed by atoms with E-state index in [4.69, 9.17) is 10.3 Å². The van der Waals surface area contributed by atoms with Gasteiger partial charge in [0.2, 0.25) is 15.9 Å². The SMILES string of the molecule is NC(c1ccccc1)c1nc([C@@H]2CCCCN2S(=O)(=O)CC2CCCCC2)no1. The molecule has 2 aliphatic rings. The minimum absolute atomic E-state index is 0.234. The zero-order valence-electron chi connectivity index (χ0n) is 16.7. The molecule has 1 aromatic heterocycles. The van der Waals surface area contributed by atoms with Crippen LogP contribution in [0.2, 0.25) is 0 Å². The smallest absolute Gasteiger partial charge is 0.248 e. The molecule has 4 rings (SSSR count). The average molecular weight is 419 g/mol. The molecular weight excluding hydrogens is 388 g/mol. The lowest BCUT2D eigenvalue weighted by Gasteiger charge is -2.34. The fourth-order valence-corrected chi connectivity index (χ4v) is 6.67. The summed E-state index contributed by atoms with van der Waals surface area (Å²) in [5.41, 5.74) is 7.16. The van der Waals surface area contributed by atoms with Crippen molar-refractivity contribution >= 4 is 10.0 Å². The van der Waals surface area contributed by atoms with Crippen molar-refractivity contribution in [1.29, 1.82) is 0 Å². The second-order valence-electron chi connectivity index (χ2n) is 8.28. The fraction of sp³-hybridized carbons (Fsp3) is 0.619. The Balaban J connectivity index is 1.52. The van der Waals surface area contributed by atoms with E-state index >= 15 is 0 Å². The Hall–Kier alpha value is -1.77. The quantitative estimate of drug-likeness (QED) is 0.769. The van der Waals surface area contributed by atoms with Crippen molar-refractivity contribution in [1.82, 2.24) is 14.4 Å². The molecule has 1 aliphatic heterocycles. The second kappa shape index (κ2) is 8.93. The topological polar surface area (TPSA) is 102 Å². The van der Waals surface area contributed by atoms with Gasteiger partial charge in [-0.1, -0.05) is 61.2 Å². The van der Waals surface area contributed by atoms with E-state index in [0.29, 0.717) is 24.7 Å². The molecule has 0 spiro atoms. The number of nitrogens with zero attached hydrogens (tertiary/aromatic N) is 3. The molecule has 158 valence electrons. The summed E-state index contributed by atoms with van der Waals surface area (Å²) in [4.78, 5) is 4.51. The summed E-state index contributed by atoms with van der Waals surface area (Å²) in [6.07, 6.45) is 8.04. The molecule has 1 aliphatic carbocycles. The van der Waals surface area contributed by atoms with Gasteiger partial charge in [-0.3, -0.25) is 0 Å². The highest BCUT2D eigenvalue weighted by molar-refractivity contribution is 7.89. The van der Waals surface area contributed by atoms with E-state index in [0.717, 1.165) is 44.1 Å². The third-order valence-electron chi connectivity index (χ3n) is 6.16. The number of hydrogen-bond donors (Lipinski definition) is 1. The Labute approximate surface area is 172 Å². The molecule has 2 aromatic rings. The molecule has 0 amide bonds. The van der Waals surface area contributed by atoms with Crippen molar-refractivity contribution in [3.8, 4) is 0 Å².